The van der Waals surface area contributed by atoms with Crippen LogP contribution >= 0.6 is 0 Å². The summed E-state index contributed by atoms with van der Waals surface area (Å²) in [4.78, 5) is 37.7. The van der Waals surface area contributed by atoms with Gasteiger partial charge < -0.3 is 14.2 Å². The van der Waals surface area contributed by atoms with Gasteiger partial charge in [0.25, 0.3) is 0 Å². The van der Waals surface area contributed by atoms with Crippen LogP contribution in [0.3, 0.4) is 0 Å². The Hall–Kier alpha value is -2.89. The summed E-state index contributed by atoms with van der Waals surface area (Å²) in [5.74, 6) is -0.905. The Labute approximate surface area is 390 Å². The molecule has 0 rings (SSSR count). The number of hydrogen-bond donors (Lipinski definition) is 0. The first-order valence-electron chi connectivity index (χ1n) is 26.8. The van der Waals surface area contributed by atoms with E-state index in [4.69, 9.17) is 14.2 Å². The van der Waals surface area contributed by atoms with E-state index in [1.54, 1.807) is 0 Å². The molecule has 0 aromatic heterocycles. The van der Waals surface area contributed by atoms with Crippen LogP contribution in [0.1, 0.15) is 265 Å². The normalized spacial score (nSPS) is 12.5. The lowest BCUT2D eigenvalue weighted by molar-refractivity contribution is -0.167. The summed E-state index contributed by atoms with van der Waals surface area (Å²) in [5, 5.41) is 0. The quantitative estimate of drug-likeness (QED) is 0.0262. The van der Waals surface area contributed by atoms with Gasteiger partial charge in [0, 0.05) is 19.3 Å². The molecule has 0 N–H and O–H groups in total. The van der Waals surface area contributed by atoms with E-state index in [0.29, 0.717) is 19.3 Å². The molecule has 63 heavy (non-hydrogen) atoms. The zero-order chi connectivity index (χ0) is 45.8. The number of hydrogen-bond acceptors (Lipinski definition) is 6. The summed E-state index contributed by atoms with van der Waals surface area (Å²) in [6.45, 7) is 6.45. The fourth-order valence-electron chi connectivity index (χ4n) is 7.53. The molecule has 0 spiro atoms. The molecule has 0 aliphatic rings. The predicted molar refractivity (Wildman–Crippen MR) is 270 cm³/mol. The van der Waals surface area contributed by atoms with Crippen molar-refractivity contribution in [2.75, 3.05) is 13.2 Å². The number of rotatable bonds is 48. The van der Waals surface area contributed by atoms with Gasteiger partial charge in [0.1, 0.15) is 13.2 Å². The first-order valence-corrected chi connectivity index (χ1v) is 26.8. The van der Waals surface area contributed by atoms with Gasteiger partial charge in [-0.15, -0.1) is 0 Å². The van der Waals surface area contributed by atoms with Crippen molar-refractivity contribution in [3.05, 3.63) is 60.8 Å². The number of carbonyl (C=O) groups is 3. The second kappa shape index (κ2) is 51.7. The van der Waals surface area contributed by atoms with E-state index in [1.807, 2.05) is 0 Å². The molecule has 0 aromatic rings. The summed E-state index contributed by atoms with van der Waals surface area (Å²) >= 11 is 0. The Morgan fingerprint density at radius 3 is 0.968 bits per heavy atom. The average Bonchev–Trinajstić information content (AvgIpc) is 3.28. The van der Waals surface area contributed by atoms with E-state index in [0.717, 1.165) is 116 Å². The zero-order valence-electron chi connectivity index (χ0n) is 41.6. The maximum absolute atomic E-state index is 12.8. The Morgan fingerprint density at radius 2 is 0.619 bits per heavy atom. The molecule has 0 fully saturated rings. The summed E-state index contributed by atoms with van der Waals surface area (Å²) < 4.78 is 16.7. The standard InChI is InChI=1S/C57H100O6/c1-4-7-10-13-15-17-19-21-23-25-27-28-30-31-33-35-37-39-41-44-47-50-56(59)62-53-54(52-61-55(58)49-46-43-12-9-6-3)63-57(60)51-48-45-42-40-38-36-34-32-29-26-24-22-20-18-16-14-11-8-5-2/h7,10,15,17,21,23,27-28,31,33,54H,4-6,8-9,11-14,16,18-20,22,24-26,29-30,32,34-53H2,1-3H3/b10-7-,17-15-,23-21-,28-27-,33-31-. The van der Waals surface area contributed by atoms with Crippen LogP contribution in [0.2, 0.25) is 0 Å². The molecule has 0 amide bonds. The fourth-order valence-corrected chi connectivity index (χ4v) is 7.53. The van der Waals surface area contributed by atoms with Crippen LogP contribution in [-0.4, -0.2) is 37.2 Å². The number of esters is 3. The van der Waals surface area contributed by atoms with Crippen LogP contribution < -0.4 is 0 Å². The molecule has 0 aliphatic carbocycles. The molecule has 6 heteroatoms. The first kappa shape index (κ1) is 60.1. The highest BCUT2D eigenvalue weighted by molar-refractivity contribution is 5.71. The van der Waals surface area contributed by atoms with Crippen molar-refractivity contribution < 1.29 is 28.6 Å². The molecule has 0 radical (unpaired) electrons. The predicted octanol–water partition coefficient (Wildman–Crippen LogP) is 17.6. The van der Waals surface area contributed by atoms with Gasteiger partial charge in [0.05, 0.1) is 0 Å². The van der Waals surface area contributed by atoms with Gasteiger partial charge in [-0.05, 0) is 64.2 Å². The average molecular weight is 881 g/mol. The summed E-state index contributed by atoms with van der Waals surface area (Å²) in [7, 11) is 0. The topological polar surface area (TPSA) is 78.9 Å². The van der Waals surface area contributed by atoms with Crippen LogP contribution in [0.5, 0.6) is 0 Å². The SMILES string of the molecule is CC/C=C\C/C=C\C/C=C\C/C=C\C/C=C\CCCCCCCC(=O)OCC(COC(=O)CCCCCCC)OC(=O)CCCCCCCCCCCCCCCCCCCCC. The lowest BCUT2D eigenvalue weighted by atomic mass is 10.0. The van der Waals surface area contributed by atoms with E-state index < -0.39 is 6.10 Å². The third-order valence-electron chi connectivity index (χ3n) is 11.5. The Balaban J connectivity index is 4.16. The van der Waals surface area contributed by atoms with Gasteiger partial charge in [0.15, 0.2) is 6.10 Å². The highest BCUT2D eigenvalue weighted by Gasteiger charge is 2.19. The smallest absolute Gasteiger partial charge is 0.306 e. The van der Waals surface area contributed by atoms with Crippen molar-refractivity contribution in [2.45, 2.75) is 271 Å². The van der Waals surface area contributed by atoms with Gasteiger partial charge >= 0.3 is 17.9 Å². The minimum atomic E-state index is -0.776. The number of ether oxygens (including phenoxy) is 3. The van der Waals surface area contributed by atoms with Crippen molar-refractivity contribution in [1.29, 1.82) is 0 Å². The van der Waals surface area contributed by atoms with Crippen molar-refractivity contribution >= 4 is 17.9 Å². The van der Waals surface area contributed by atoms with E-state index >= 15 is 0 Å². The number of allylic oxidation sites excluding steroid dienone is 10. The third-order valence-corrected chi connectivity index (χ3v) is 11.5. The Morgan fingerprint density at radius 1 is 0.333 bits per heavy atom. The van der Waals surface area contributed by atoms with Gasteiger partial charge in [0.2, 0.25) is 0 Å². The van der Waals surface area contributed by atoms with Crippen molar-refractivity contribution in [2.24, 2.45) is 0 Å². The summed E-state index contributed by atoms with van der Waals surface area (Å²) in [5.41, 5.74) is 0. The second-order valence-corrected chi connectivity index (χ2v) is 17.8. The second-order valence-electron chi connectivity index (χ2n) is 17.8. The van der Waals surface area contributed by atoms with Gasteiger partial charge in [-0.3, -0.25) is 14.4 Å². The van der Waals surface area contributed by atoms with E-state index in [-0.39, 0.29) is 31.1 Å². The molecule has 1 atom stereocenters. The minimum absolute atomic E-state index is 0.0795. The molecule has 0 saturated heterocycles. The molecule has 6 nitrogen and oxygen atoms in total. The number of unbranched alkanes of at least 4 members (excludes halogenated alkanes) is 27. The lowest BCUT2D eigenvalue weighted by Crippen LogP contribution is -2.30. The van der Waals surface area contributed by atoms with Crippen LogP contribution in [0.25, 0.3) is 0 Å². The molecule has 1 unspecified atom stereocenters. The van der Waals surface area contributed by atoms with Crippen LogP contribution in [-0.2, 0) is 28.6 Å². The zero-order valence-corrected chi connectivity index (χ0v) is 41.6. The minimum Gasteiger partial charge on any atom is -0.462 e. The van der Waals surface area contributed by atoms with E-state index in [2.05, 4.69) is 81.5 Å². The monoisotopic (exact) mass is 881 g/mol. The lowest BCUT2D eigenvalue weighted by Gasteiger charge is -2.18. The van der Waals surface area contributed by atoms with Crippen molar-refractivity contribution in [3.63, 3.8) is 0 Å². The van der Waals surface area contributed by atoms with Gasteiger partial charge in [-0.1, -0.05) is 242 Å². The molecule has 0 aliphatic heterocycles. The molecule has 364 valence electrons. The Kier molecular flexibility index (Phi) is 49.4. The van der Waals surface area contributed by atoms with Gasteiger partial charge in [-0.2, -0.15) is 0 Å². The molecule has 0 heterocycles. The highest BCUT2D eigenvalue weighted by Crippen LogP contribution is 2.16. The van der Waals surface area contributed by atoms with Crippen molar-refractivity contribution in [3.8, 4) is 0 Å². The molecule has 0 aromatic carbocycles. The van der Waals surface area contributed by atoms with Crippen LogP contribution in [0.4, 0.5) is 0 Å². The van der Waals surface area contributed by atoms with Crippen LogP contribution in [0.15, 0.2) is 60.8 Å². The van der Waals surface area contributed by atoms with E-state index in [9.17, 15) is 14.4 Å². The highest BCUT2D eigenvalue weighted by atomic mass is 16.6. The van der Waals surface area contributed by atoms with E-state index in [1.165, 1.54) is 109 Å². The summed E-state index contributed by atoms with van der Waals surface area (Å²) in [6.07, 6.45) is 63.9. The number of carbonyl (C=O) groups excluding carboxylic acids is 3. The molecular formula is C57H100O6. The van der Waals surface area contributed by atoms with Gasteiger partial charge in [-0.25, -0.2) is 0 Å². The largest absolute Gasteiger partial charge is 0.462 e. The van der Waals surface area contributed by atoms with Crippen molar-refractivity contribution in [1.82, 2.24) is 0 Å². The third kappa shape index (κ3) is 50.0. The first-order chi connectivity index (χ1) is 31.0. The fraction of sp³-hybridized carbons (Fsp3) is 0.772. The molecule has 0 bridgehead atoms. The molecular weight excluding hydrogens is 781 g/mol. The molecule has 0 saturated carbocycles. The van der Waals surface area contributed by atoms with Crippen LogP contribution in [0, 0.1) is 0 Å². The summed E-state index contributed by atoms with van der Waals surface area (Å²) in [6, 6.07) is 0. The maximum Gasteiger partial charge on any atom is 0.306 e. The Bertz CT molecular complexity index is 1150. The maximum atomic E-state index is 12.8.